The number of hydrogen-bond acceptors (Lipinski definition) is 11. The van der Waals surface area contributed by atoms with Gasteiger partial charge in [0.05, 0.1) is 28.5 Å². The van der Waals surface area contributed by atoms with E-state index in [0.717, 1.165) is 65.5 Å². The molecule has 2 aliphatic rings. The van der Waals surface area contributed by atoms with Gasteiger partial charge < -0.3 is 15.0 Å². The number of nitrogens with zero attached hydrogens (tertiary/aromatic N) is 4. The first-order valence-corrected chi connectivity index (χ1v) is 15.8. The summed E-state index contributed by atoms with van der Waals surface area (Å²) >= 11 is 2.51. The van der Waals surface area contributed by atoms with Gasteiger partial charge in [0.1, 0.15) is 0 Å². The number of piperidine rings is 1. The number of amides is 2. The van der Waals surface area contributed by atoms with E-state index in [9.17, 15) is 14.4 Å². The fraction of sp³-hybridized carbons (Fsp3) is 0.290. The van der Waals surface area contributed by atoms with Crippen molar-refractivity contribution in [3.05, 3.63) is 75.9 Å². The number of fused-ring (bicyclic) bond motifs is 1. The molecular formula is C31H30N6O4S2. The molecule has 0 spiro atoms. The molecule has 5 heterocycles. The zero-order valence-electron chi connectivity index (χ0n) is 23.5. The van der Waals surface area contributed by atoms with Crippen molar-refractivity contribution in [2.24, 2.45) is 5.92 Å². The number of ether oxygens (including phenoxy) is 1. The molecule has 2 saturated heterocycles. The number of anilines is 1. The van der Waals surface area contributed by atoms with Crippen molar-refractivity contribution in [3.8, 4) is 11.3 Å². The number of pyridine rings is 1. The molecule has 220 valence electrons. The fourth-order valence-corrected chi connectivity index (χ4v) is 6.87. The number of thiophene rings is 1. The molecule has 2 N–H and O–H groups in total. The van der Waals surface area contributed by atoms with Crippen LogP contribution in [0, 0.1) is 5.92 Å². The van der Waals surface area contributed by atoms with Crippen LogP contribution in [0.15, 0.2) is 59.1 Å². The fourth-order valence-electron chi connectivity index (χ4n) is 5.25. The number of imide groups is 1. The van der Waals surface area contributed by atoms with Crippen LogP contribution in [-0.2, 0) is 16.1 Å². The first-order chi connectivity index (χ1) is 21.0. The van der Waals surface area contributed by atoms with Crippen LogP contribution >= 0.6 is 23.1 Å². The number of carbonyl (C=O) groups is 3. The Bertz CT molecular complexity index is 1710. The topological polar surface area (TPSA) is 126 Å². The monoisotopic (exact) mass is 614 g/mol. The van der Waals surface area contributed by atoms with E-state index in [4.69, 9.17) is 9.72 Å². The molecule has 0 unspecified atom stereocenters. The molecular weight excluding hydrogens is 585 g/mol. The van der Waals surface area contributed by atoms with Crippen LogP contribution in [0.5, 0.6) is 0 Å². The normalized spacial score (nSPS) is 16.7. The Morgan fingerprint density at radius 1 is 1.19 bits per heavy atom. The van der Waals surface area contributed by atoms with Gasteiger partial charge in [-0.1, -0.05) is 18.2 Å². The Morgan fingerprint density at radius 3 is 2.81 bits per heavy atom. The highest BCUT2D eigenvalue weighted by molar-refractivity contribution is 8.18. The SMILES string of the molecule is CCOC(=O)c1cc(CNCC2CCN(c3nccc(/C=C4\SC(=O)NC4=O)n3)CC2)cnc1-c1csc2ccccc12. The van der Waals surface area contributed by atoms with E-state index < -0.39 is 5.91 Å². The number of nitrogens with one attached hydrogen (secondary N) is 2. The largest absolute Gasteiger partial charge is 0.462 e. The Balaban J connectivity index is 1.06. The predicted octanol–water partition coefficient (Wildman–Crippen LogP) is 5.26. The van der Waals surface area contributed by atoms with Crippen LogP contribution in [0.1, 0.15) is 41.4 Å². The first-order valence-electron chi connectivity index (χ1n) is 14.1. The molecule has 0 atom stereocenters. The number of hydrogen-bond donors (Lipinski definition) is 2. The summed E-state index contributed by atoms with van der Waals surface area (Å²) < 4.78 is 6.53. The van der Waals surface area contributed by atoms with Crippen molar-refractivity contribution in [1.82, 2.24) is 25.6 Å². The van der Waals surface area contributed by atoms with Crippen molar-refractivity contribution in [1.29, 1.82) is 0 Å². The summed E-state index contributed by atoms with van der Waals surface area (Å²) in [5.41, 5.74) is 3.59. The molecule has 4 aromatic rings. The Labute approximate surface area is 257 Å². The molecule has 0 radical (unpaired) electrons. The highest BCUT2D eigenvalue weighted by atomic mass is 32.2. The Kier molecular flexibility index (Phi) is 8.77. The van der Waals surface area contributed by atoms with E-state index >= 15 is 0 Å². The van der Waals surface area contributed by atoms with Gasteiger partial charge in [-0.25, -0.2) is 14.8 Å². The molecule has 12 heteroatoms. The van der Waals surface area contributed by atoms with Crippen molar-refractivity contribution in [3.63, 3.8) is 0 Å². The van der Waals surface area contributed by atoms with E-state index in [-0.39, 0.29) is 11.2 Å². The quantitative estimate of drug-likeness (QED) is 0.190. The summed E-state index contributed by atoms with van der Waals surface area (Å²) in [4.78, 5) is 52.5. The molecule has 1 aromatic carbocycles. The Morgan fingerprint density at radius 2 is 2.02 bits per heavy atom. The minimum atomic E-state index is -0.400. The van der Waals surface area contributed by atoms with Gasteiger partial charge in [0.2, 0.25) is 5.95 Å². The van der Waals surface area contributed by atoms with E-state index in [1.165, 1.54) is 0 Å². The van der Waals surface area contributed by atoms with Gasteiger partial charge >= 0.3 is 5.97 Å². The lowest BCUT2D eigenvalue weighted by molar-refractivity contribution is -0.115. The number of thioether (sulfide) groups is 1. The van der Waals surface area contributed by atoms with Crippen LogP contribution in [0.3, 0.4) is 0 Å². The number of aromatic nitrogens is 3. The van der Waals surface area contributed by atoms with Crippen molar-refractivity contribution < 1.29 is 19.1 Å². The van der Waals surface area contributed by atoms with Crippen LogP contribution in [0.2, 0.25) is 0 Å². The number of benzene rings is 1. The number of rotatable bonds is 9. The maximum Gasteiger partial charge on any atom is 0.340 e. The summed E-state index contributed by atoms with van der Waals surface area (Å²) in [5, 5.41) is 8.56. The lowest BCUT2D eigenvalue weighted by Crippen LogP contribution is -2.38. The minimum Gasteiger partial charge on any atom is -0.462 e. The van der Waals surface area contributed by atoms with Gasteiger partial charge in [-0.2, -0.15) is 0 Å². The third-order valence-electron chi connectivity index (χ3n) is 7.42. The molecule has 0 bridgehead atoms. The van der Waals surface area contributed by atoms with E-state index in [2.05, 4.69) is 37.6 Å². The molecule has 0 saturated carbocycles. The van der Waals surface area contributed by atoms with Gasteiger partial charge in [0.15, 0.2) is 0 Å². The van der Waals surface area contributed by atoms with Crippen LogP contribution in [0.4, 0.5) is 10.7 Å². The zero-order valence-corrected chi connectivity index (χ0v) is 25.2. The number of esters is 1. The molecule has 0 aliphatic carbocycles. The van der Waals surface area contributed by atoms with Crippen LogP contribution in [-0.4, -0.2) is 58.3 Å². The van der Waals surface area contributed by atoms with E-state index in [1.807, 2.05) is 29.8 Å². The van der Waals surface area contributed by atoms with Gasteiger partial charge in [-0.05, 0) is 73.8 Å². The zero-order chi connectivity index (χ0) is 29.8. The molecule has 43 heavy (non-hydrogen) atoms. The van der Waals surface area contributed by atoms with Crippen molar-refractivity contribution in [2.75, 3.05) is 31.1 Å². The molecule has 2 aliphatic heterocycles. The molecule has 2 amide bonds. The van der Waals surface area contributed by atoms with Crippen LogP contribution < -0.4 is 15.5 Å². The maximum absolute atomic E-state index is 12.9. The van der Waals surface area contributed by atoms with Gasteiger partial charge in [-0.3, -0.25) is 19.9 Å². The predicted molar refractivity (Wildman–Crippen MR) is 169 cm³/mol. The Hall–Kier alpha value is -4.13. The van der Waals surface area contributed by atoms with E-state index in [1.54, 1.807) is 36.6 Å². The molecule has 6 rings (SSSR count). The summed E-state index contributed by atoms with van der Waals surface area (Å²) in [7, 11) is 0. The number of carbonyl (C=O) groups excluding carboxylic acids is 3. The average molecular weight is 615 g/mol. The second kappa shape index (κ2) is 13.0. The standard InChI is InChI=1S/C31H30N6O4S2/c1-2-41-29(39)23-13-20(17-34-27(23)24-18-42-25-6-4-3-5-22(24)25)16-32-15-19-8-11-37(12-9-19)30-33-10-7-21(35-30)14-26-28(38)36-31(40)43-26/h3-7,10,13-14,17-19,32H,2,8-9,11-12,15-16H2,1H3,(H,36,38,40)/b26-14-. The summed E-state index contributed by atoms with van der Waals surface area (Å²) in [6.07, 6.45) is 7.08. The van der Waals surface area contributed by atoms with Crippen molar-refractivity contribution >= 4 is 62.3 Å². The second-order valence-electron chi connectivity index (χ2n) is 10.3. The first kappa shape index (κ1) is 29.0. The van der Waals surface area contributed by atoms with Gasteiger partial charge in [0, 0.05) is 53.1 Å². The molecule has 10 nitrogen and oxygen atoms in total. The van der Waals surface area contributed by atoms with Gasteiger partial charge in [-0.15, -0.1) is 11.3 Å². The van der Waals surface area contributed by atoms with Crippen LogP contribution in [0.25, 0.3) is 27.4 Å². The third kappa shape index (κ3) is 6.61. The summed E-state index contributed by atoms with van der Waals surface area (Å²) in [6, 6.07) is 11.7. The summed E-state index contributed by atoms with van der Waals surface area (Å²) in [6.45, 7) is 5.18. The molecule has 3 aromatic heterocycles. The minimum absolute atomic E-state index is 0.300. The lowest BCUT2D eigenvalue weighted by Gasteiger charge is -2.32. The highest BCUT2D eigenvalue weighted by Gasteiger charge is 2.26. The summed E-state index contributed by atoms with van der Waals surface area (Å²) in [5.74, 6) is 0.339. The van der Waals surface area contributed by atoms with Gasteiger partial charge in [0.25, 0.3) is 11.1 Å². The third-order valence-corrected chi connectivity index (χ3v) is 9.19. The lowest BCUT2D eigenvalue weighted by atomic mass is 9.97. The second-order valence-corrected chi connectivity index (χ2v) is 12.2. The average Bonchev–Trinajstić information content (AvgIpc) is 3.59. The maximum atomic E-state index is 12.9. The highest BCUT2D eigenvalue weighted by Crippen LogP contribution is 2.35. The van der Waals surface area contributed by atoms with Crippen molar-refractivity contribution in [2.45, 2.75) is 26.3 Å². The van der Waals surface area contributed by atoms with E-state index in [0.29, 0.717) is 46.9 Å². The smallest absolute Gasteiger partial charge is 0.340 e. The molecule has 2 fully saturated rings.